The van der Waals surface area contributed by atoms with Gasteiger partial charge in [0.15, 0.2) is 0 Å². The largest absolute Gasteiger partial charge is 0.425 e. The Kier molecular flexibility index (Phi) is 5.51. The monoisotopic (exact) mass is 497 g/mol. The van der Waals surface area contributed by atoms with Crippen LogP contribution in [0.3, 0.4) is 0 Å². The highest BCUT2D eigenvalue weighted by Crippen LogP contribution is 2.57. The lowest BCUT2D eigenvalue weighted by molar-refractivity contribution is -0.246. The zero-order valence-corrected chi connectivity index (χ0v) is 18.7. The van der Waals surface area contributed by atoms with Gasteiger partial charge in [-0.1, -0.05) is 24.3 Å². The fraction of sp³-hybridized carbons (Fsp3) is 0.160. The summed E-state index contributed by atoms with van der Waals surface area (Å²) >= 11 is 0. The molecule has 0 radical (unpaired) electrons. The molecule has 2 aromatic heterocycles. The number of benzene rings is 2. The second kappa shape index (κ2) is 8.45. The SMILES string of the molecule is CC(C(=O)NNc1cccnc1)n1cc(-c2cc(F)cc3c2-c2ccccc2C3(O)C(F)(F)F)cn1. The van der Waals surface area contributed by atoms with E-state index in [-0.39, 0.29) is 27.8 Å². The number of alkyl halides is 3. The van der Waals surface area contributed by atoms with Gasteiger partial charge in [0, 0.05) is 29.1 Å². The van der Waals surface area contributed by atoms with Crippen LogP contribution in [0.25, 0.3) is 22.3 Å². The summed E-state index contributed by atoms with van der Waals surface area (Å²) in [6.45, 7) is 1.57. The summed E-state index contributed by atoms with van der Waals surface area (Å²) in [6, 6.07) is 9.92. The second-order valence-electron chi connectivity index (χ2n) is 8.37. The maximum absolute atomic E-state index is 14.6. The van der Waals surface area contributed by atoms with Crippen LogP contribution in [0.5, 0.6) is 0 Å². The van der Waals surface area contributed by atoms with Crippen molar-refractivity contribution in [3.05, 3.63) is 90.3 Å². The normalized spacial score (nSPS) is 17.3. The predicted molar refractivity (Wildman–Crippen MR) is 123 cm³/mol. The Balaban J connectivity index is 1.52. The number of hydrogen-bond acceptors (Lipinski definition) is 5. The van der Waals surface area contributed by atoms with E-state index in [1.54, 1.807) is 31.3 Å². The van der Waals surface area contributed by atoms with Gasteiger partial charge < -0.3 is 5.11 Å². The minimum Gasteiger partial charge on any atom is -0.372 e. The van der Waals surface area contributed by atoms with Crippen molar-refractivity contribution < 1.29 is 27.5 Å². The summed E-state index contributed by atoms with van der Waals surface area (Å²) in [7, 11) is 0. The molecule has 2 atom stereocenters. The molecule has 0 bridgehead atoms. The molecule has 1 amide bonds. The van der Waals surface area contributed by atoms with Gasteiger partial charge in [0.05, 0.1) is 18.1 Å². The van der Waals surface area contributed by atoms with E-state index < -0.39 is 35.1 Å². The molecular weight excluding hydrogens is 478 g/mol. The first kappa shape index (κ1) is 23.5. The smallest absolute Gasteiger partial charge is 0.372 e. The molecule has 1 aliphatic rings. The average Bonchev–Trinajstić information content (AvgIpc) is 3.45. The van der Waals surface area contributed by atoms with Gasteiger partial charge in [-0.3, -0.25) is 25.3 Å². The number of halogens is 4. The number of nitrogens with one attached hydrogen (secondary N) is 2. The summed E-state index contributed by atoms with van der Waals surface area (Å²) in [5.74, 6) is -1.40. The first-order chi connectivity index (χ1) is 17.1. The number of amides is 1. The maximum atomic E-state index is 14.6. The van der Waals surface area contributed by atoms with Crippen molar-refractivity contribution in [2.75, 3.05) is 5.43 Å². The molecule has 0 saturated heterocycles. The lowest BCUT2D eigenvalue weighted by Crippen LogP contribution is -2.41. The highest BCUT2D eigenvalue weighted by Gasteiger charge is 2.61. The van der Waals surface area contributed by atoms with Crippen LogP contribution in [0.1, 0.15) is 24.1 Å². The summed E-state index contributed by atoms with van der Waals surface area (Å²) in [4.78, 5) is 16.5. The van der Waals surface area contributed by atoms with Crippen molar-refractivity contribution in [3.63, 3.8) is 0 Å². The first-order valence-electron chi connectivity index (χ1n) is 10.8. The van der Waals surface area contributed by atoms with E-state index >= 15 is 0 Å². The Morgan fingerprint density at radius 3 is 2.58 bits per heavy atom. The van der Waals surface area contributed by atoms with E-state index in [9.17, 15) is 27.5 Å². The highest BCUT2D eigenvalue weighted by molar-refractivity contribution is 5.92. The summed E-state index contributed by atoms with van der Waals surface area (Å²) in [5.41, 5.74) is 2.08. The Labute approximate surface area is 202 Å². The number of rotatable bonds is 5. The molecule has 0 spiro atoms. The van der Waals surface area contributed by atoms with Crippen molar-refractivity contribution in [2.24, 2.45) is 0 Å². The minimum absolute atomic E-state index is 0.0572. The number of carbonyl (C=O) groups is 1. The molecule has 0 fully saturated rings. The van der Waals surface area contributed by atoms with Gasteiger partial charge in [-0.15, -0.1) is 0 Å². The van der Waals surface area contributed by atoms with Crippen LogP contribution in [0.4, 0.5) is 23.2 Å². The molecule has 0 aliphatic heterocycles. The number of aromatic nitrogens is 3. The zero-order chi connectivity index (χ0) is 25.7. The average molecular weight is 497 g/mol. The van der Waals surface area contributed by atoms with Gasteiger partial charge >= 0.3 is 6.18 Å². The third-order valence-electron chi connectivity index (χ3n) is 6.17. The van der Waals surface area contributed by atoms with Gasteiger partial charge in [0.1, 0.15) is 11.9 Å². The molecule has 36 heavy (non-hydrogen) atoms. The van der Waals surface area contributed by atoms with Crippen LogP contribution >= 0.6 is 0 Å². The molecule has 7 nitrogen and oxygen atoms in total. The van der Waals surface area contributed by atoms with E-state index in [1.165, 1.54) is 41.5 Å². The van der Waals surface area contributed by atoms with Crippen molar-refractivity contribution in [3.8, 4) is 22.3 Å². The van der Waals surface area contributed by atoms with Crippen LogP contribution in [0.15, 0.2) is 73.3 Å². The topological polar surface area (TPSA) is 92.1 Å². The number of aliphatic hydroxyl groups is 1. The van der Waals surface area contributed by atoms with Crippen molar-refractivity contribution in [1.29, 1.82) is 0 Å². The van der Waals surface area contributed by atoms with Gasteiger partial charge in [-0.05, 0) is 47.9 Å². The lowest BCUT2D eigenvalue weighted by atomic mass is 9.89. The molecule has 11 heteroatoms. The van der Waals surface area contributed by atoms with Crippen molar-refractivity contribution in [2.45, 2.75) is 24.7 Å². The predicted octanol–water partition coefficient (Wildman–Crippen LogP) is 4.57. The quantitative estimate of drug-likeness (QED) is 0.278. The molecule has 3 N–H and O–H groups in total. The Morgan fingerprint density at radius 1 is 1.08 bits per heavy atom. The van der Waals surface area contributed by atoms with Crippen molar-refractivity contribution in [1.82, 2.24) is 20.2 Å². The third-order valence-corrected chi connectivity index (χ3v) is 6.17. The minimum atomic E-state index is -5.09. The molecule has 1 aliphatic carbocycles. The van der Waals surface area contributed by atoms with Crippen LogP contribution in [-0.2, 0) is 10.4 Å². The Bertz CT molecular complexity index is 1450. The number of anilines is 1. The maximum Gasteiger partial charge on any atom is 0.425 e. The number of carbonyl (C=O) groups excluding carboxylic acids is 1. The fourth-order valence-corrected chi connectivity index (χ4v) is 4.36. The van der Waals surface area contributed by atoms with Crippen LogP contribution in [-0.4, -0.2) is 32.0 Å². The molecule has 2 unspecified atom stereocenters. The van der Waals surface area contributed by atoms with E-state index in [2.05, 4.69) is 20.9 Å². The van der Waals surface area contributed by atoms with E-state index in [0.717, 1.165) is 6.07 Å². The highest BCUT2D eigenvalue weighted by atomic mass is 19.4. The summed E-state index contributed by atoms with van der Waals surface area (Å²) in [6.07, 6.45) is 0.787. The van der Waals surface area contributed by atoms with Gasteiger partial charge in [0.25, 0.3) is 5.91 Å². The Hall–Kier alpha value is -4.25. The number of pyridine rings is 1. The second-order valence-corrected chi connectivity index (χ2v) is 8.37. The summed E-state index contributed by atoms with van der Waals surface area (Å²) in [5, 5.41) is 15.0. The van der Waals surface area contributed by atoms with Gasteiger partial charge in [0.2, 0.25) is 5.60 Å². The molecule has 184 valence electrons. The van der Waals surface area contributed by atoms with E-state index in [1.807, 2.05) is 0 Å². The number of hydrogen-bond donors (Lipinski definition) is 3. The van der Waals surface area contributed by atoms with Crippen molar-refractivity contribution >= 4 is 11.6 Å². The number of hydrazine groups is 1. The number of nitrogens with zero attached hydrogens (tertiary/aromatic N) is 3. The van der Waals surface area contributed by atoms with Crippen LogP contribution < -0.4 is 10.9 Å². The molecule has 2 heterocycles. The molecule has 5 rings (SSSR count). The third kappa shape index (κ3) is 3.68. The van der Waals surface area contributed by atoms with E-state index in [4.69, 9.17) is 0 Å². The van der Waals surface area contributed by atoms with Gasteiger partial charge in [-0.2, -0.15) is 18.3 Å². The first-order valence-corrected chi connectivity index (χ1v) is 10.8. The fourth-order valence-electron chi connectivity index (χ4n) is 4.36. The lowest BCUT2D eigenvalue weighted by Gasteiger charge is -2.28. The van der Waals surface area contributed by atoms with Crippen LogP contribution in [0.2, 0.25) is 0 Å². The standard InChI is InChI=1S/C25H19F4N5O2/c1-14(23(35)33-32-17-5-4-8-30-12-17)34-13-15(11-31-34)19-9-16(26)10-21-22(19)18-6-2-3-7-20(18)24(21,36)25(27,28)29/h2-14,32,36H,1H3,(H,33,35). The summed E-state index contributed by atoms with van der Waals surface area (Å²) < 4.78 is 58.3. The Morgan fingerprint density at radius 2 is 1.86 bits per heavy atom. The molecule has 2 aromatic carbocycles. The van der Waals surface area contributed by atoms with Gasteiger partial charge in [-0.25, -0.2) is 4.39 Å². The number of fused-ring (bicyclic) bond motifs is 3. The molecule has 4 aromatic rings. The zero-order valence-electron chi connectivity index (χ0n) is 18.7. The van der Waals surface area contributed by atoms with Crippen LogP contribution in [0, 0.1) is 5.82 Å². The molecule has 0 saturated carbocycles. The van der Waals surface area contributed by atoms with E-state index in [0.29, 0.717) is 11.8 Å². The molecular formula is C25H19F4N5O2.